The van der Waals surface area contributed by atoms with Crippen LogP contribution < -0.4 is 0 Å². The van der Waals surface area contributed by atoms with Crippen molar-refractivity contribution in [1.82, 2.24) is 19.6 Å². The highest BCUT2D eigenvalue weighted by Gasteiger charge is 2.75. The van der Waals surface area contributed by atoms with Crippen LogP contribution in [0.5, 0.6) is 0 Å². The van der Waals surface area contributed by atoms with Gasteiger partial charge in [-0.25, -0.2) is 19.2 Å². The number of hydrogen-bond acceptors (Lipinski definition) is 10. The first kappa shape index (κ1) is 54.0. The lowest BCUT2D eigenvalue weighted by molar-refractivity contribution is -0.195. The van der Waals surface area contributed by atoms with Gasteiger partial charge in [-0.2, -0.15) is 0 Å². The molecule has 14 nitrogen and oxygen atoms in total. The second-order valence-electron chi connectivity index (χ2n) is 24.6. The molecule has 84 heavy (non-hydrogen) atoms. The fraction of sp³-hybridized carbons (Fsp3) is 0.286. The minimum atomic E-state index is -2.22. The van der Waals surface area contributed by atoms with Crippen LogP contribution in [0, 0.1) is 0 Å². The SMILES string of the molecule is CC(C)(C)OC(=O)[C@@H]1N(C(=O)OCc2ccccc2)CC[C@]12C(=O)N(Cc1ccc3ccc4cccc5ccc1c3c45)[C@@]1(CCN(C(=O)OCc3ccccc3)[C@H]1C(=O)OC(C)(C)C)C(=O)N2Cc1ccc2ccc3cccc4ccc1c2c34. The van der Waals surface area contributed by atoms with Gasteiger partial charge in [0.05, 0.1) is 0 Å². The van der Waals surface area contributed by atoms with Crippen molar-refractivity contribution in [3.63, 3.8) is 0 Å². The molecule has 0 aromatic heterocycles. The molecule has 10 aromatic rings. The molecule has 0 aliphatic carbocycles. The maximum Gasteiger partial charge on any atom is 0.410 e. The molecular formula is C70H64N4O10. The number of hydrogen-bond donors (Lipinski definition) is 0. The van der Waals surface area contributed by atoms with E-state index in [0.717, 1.165) is 64.6 Å². The predicted molar refractivity (Wildman–Crippen MR) is 322 cm³/mol. The Labute approximate surface area is 486 Å². The molecule has 0 bridgehead atoms. The zero-order chi connectivity index (χ0) is 58.5. The van der Waals surface area contributed by atoms with Gasteiger partial charge in [0.25, 0.3) is 11.8 Å². The summed E-state index contributed by atoms with van der Waals surface area (Å²) in [5.41, 5.74) is -4.07. The Hall–Kier alpha value is -9.30. The number of ether oxygens (including phenoxy) is 4. The number of carbonyl (C=O) groups excluding carboxylic acids is 6. The van der Waals surface area contributed by atoms with Crippen LogP contribution in [0.4, 0.5) is 9.59 Å². The molecule has 4 amide bonds. The Morgan fingerprint density at radius 3 is 1.12 bits per heavy atom. The van der Waals surface area contributed by atoms with E-state index in [1.807, 2.05) is 121 Å². The molecule has 2 spiro atoms. The number of nitrogens with zero attached hydrogens (tertiary/aromatic N) is 4. The van der Waals surface area contributed by atoms with E-state index < -0.39 is 70.3 Å². The fourth-order valence-corrected chi connectivity index (χ4v) is 13.7. The molecule has 3 saturated heterocycles. The van der Waals surface area contributed by atoms with Crippen molar-refractivity contribution in [2.24, 2.45) is 0 Å². The first-order chi connectivity index (χ1) is 40.3. The second kappa shape index (κ2) is 20.2. The van der Waals surface area contributed by atoms with Crippen molar-refractivity contribution in [1.29, 1.82) is 0 Å². The van der Waals surface area contributed by atoms with Crippen LogP contribution >= 0.6 is 0 Å². The van der Waals surface area contributed by atoms with Crippen LogP contribution in [0.15, 0.2) is 170 Å². The number of esters is 2. The average molecular weight is 1120 g/mol. The summed E-state index contributed by atoms with van der Waals surface area (Å²) in [4.78, 5) is 102. The third kappa shape index (κ3) is 8.92. The summed E-state index contributed by atoms with van der Waals surface area (Å²) < 4.78 is 24.7. The summed E-state index contributed by atoms with van der Waals surface area (Å²) in [5.74, 6) is -3.32. The quantitative estimate of drug-likeness (QED) is 0.0735. The van der Waals surface area contributed by atoms with Crippen LogP contribution in [0.1, 0.15) is 76.6 Å². The first-order valence-corrected chi connectivity index (χ1v) is 28.7. The summed E-state index contributed by atoms with van der Waals surface area (Å²) >= 11 is 0. The van der Waals surface area contributed by atoms with Crippen LogP contribution in [-0.2, 0) is 64.4 Å². The number of piperazine rings is 1. The molecule has 0 N–H and O–H groups in total. The van der Waals surface area contributed by atoms with E-state index in [0.29, 0.717) is 22.3 Å². The van der Waals surface area contributed by atoms with Crippen molar-refractivity contribution in [3.8, 4) is 0 Å². The summed E-state index contributed by atoms with van der Waals surface area (Å²) in [5, 5.41) is 11.5. The molecule has 4 atom stereocenters. The zero-order valence-electron chi connectivity index (χ0n) is 47.8. The van der Waals surface area contributed by atoms with E-state index in [2.05, 4.69) is 48.5 Å². The van der Waals surface area contributed by atoms with Gasteiger partial charge in [-0.1, -0.05) is 170 Å². The molecule has 0 unspecified atom stereocenters. The fourth-order valence-electron chi connectivity index (χ4n) is 13.7. The number of rotatable bonds is 10. The van der Waals surface area contributed by atoms with Crippen LogP contribution in [-0.4, -0.2) is 103 Å². The van der Waals surface area contributed by atoms with Crippen LogP contribution in [0.3, 0.4) is 0 Å². The van der Waals surface area contributed by atoms with E-state index >= 15 is 19.2 Å². The smallest absolute Gasteiger partial charge is 0.410 e. The van der Waals surface area contributed by atoms with Gasteiger partial charge in [-0.15, -0.1) is 0 Å². The topological polar surface area (TPSA) is 152 Å². The van der Waals surface area contributed by atoms with E-state index in [1.165, 1.54) is 19.6 Å². The molecule has 0 saturated carbocycles. The summed E-state index contributed by atoms with van der Waals surface area (Å²) in [7, 11) is 0. The lowest BCUT2D eigenvalue weighted by Crippen LogP contribution is -2.82. The number of likely N-dealkylation sites (tertiary alicyclic amines) is 2. The van der Waals surface area contributed by atoms with E-state index in [9.17, 15) is 9.59 Å². The van der Waals surface area contributed by atoms with Crippen LogP contribution in [0.2, 0.25) is 0 Å². The van der Waals surface area contributed by atoms with Gasteiger partial charge < -0.3 is 28.7 Å². The molecular weight excluding hydrogens is 1060 g/mol. The monoisotopic (exact) mass is 1120 g/mol. The predicted octanol–water partition coefficient (Wildman–Crippen LogP) is 12.8. The Bertz CT molecular complexity index is 3960. The molecule has 13 rings (SSSR count). The largest absolute Gasteiger partial charge is 0.458 e. The lowest BCUT2D eigenvalue weighted by Gasteiger charge is -2.58. The Balaban J connectivity index is 1.05. The molecule has 3 heterocycles. The zero-order valence-corrected chi connectivity index (χ0v) is 47.8. The third-order valence-corrected chi connectivity index (χ3v) is 17.2. The second-order valence-corrected chi connectivity index (χ2v) is 24.6. The molecule has 0 radical (unpaired) electrons. The molecule has 14 heteroatoms. The average Bonchev–Trinajstić information content (AvgIpc) is 1.45. The Morgan fingerprint density at radius 2 is 0.762 bits per heavy atom. The normalized spacial score (nSPS) is 20.3. The lowest BCUT2D eigenvalue weighted by atomic mass is 9.74. The first-order valence-electron chi connectivity index (χ1n) is 28.7. The highest BCUT2D eigenvalue weighted by atomic mass is 16.6. The number of benzene rings is 10. The molecule has 3 aliphatic rings. The molecule has 3 fully saturated rings. The van der Waals surface area contributed by atoms with Crippen molar-refractivity contribution in [2.75, 3.05) is 13.1 Å². The van der Waals surface area contributed by atoms with Gasteiger partial charge in [0, 0.05) is 39.0 Å². The Morgan fingerprint density at radius 1 is 0.429 bits per heavy atom. The van der Waals surface area contributed by atoms with Gasteiger partial charge >= 0.3 is 24.1 Å². The summed E-state index contributed by atoms with van der Waals surface area (Å²) in [6, 6.07) is 51.1. The highest BCUT2D eigenvalue weighted by molar-refractivity contribution is 6.25. The highest BCUT2D eigenvalue weighted by Crippen LogP contribution is 2.52. The van der Waals surface area contributed by atoms with E-state index in [-0.39, 0.29) is 52.2 Å². The molecule has 3 aliphatic heterocycles. The van der Waals surface area contributed by atoms with Gasteiger partial charge in [0.1, 0.15) is 24.4 Å². The van der Waals surface area contributed by atoms with Gasteiger partial charge in [-0.05, 0) is 128 Å². The third-order valence-electron chi connectivity index (χ3n) is 17.2. The van der Waals surface area contributed by atoms with E-state index in [1.54, 1.807) is 41.5 Å². The Kier molecular flexibility index (Phi) is 13.0. The van der Waals surface area contributed by atoms with Gasteiger partial charge in [-0.3, -0.25) is 19.4 Å². The van der Waals surface area contributed by atoms with Crippen molar-refractivity contribution in [2.45, 2.75) is 115 Å². The van der Waals surface area contributed by atoms with Gasteiger partial charge in [0.15, 0.2) is 23.2 Å². The van der Waals surface area contributed by atoms with E-state index in [4.69, 9.17) is 18.9 Å². The number of amides is 4. The summed E-state index contributed by atoms with van der Waals surface area (Å²) in [6.07, 6.45) is -2.27. The maximum atomic E-state index is 17.6. The van der Waals surface area contributed by atoms with Crippen molar-refractivity contribution < 1.29 is 47.7 Å². The standard InChI is InChI=1S/C70H64N4O10/c1-67(2,3)83-61(75)59-69(35-37-71(59)65(79)81-41-43-15-9-7-10-16-43)63(77)74(40-52-30-28-50-26-24-46-20-14-22-48-32-34-54(52)58(50)56(46)48)70(36-38-72(60(70)62(76)84-68(4,5)6)66(80)82-42-44-17-11-8-12-18-44)64(78)73(69)39-51-29-27-49-25-23-45-19-13-21-47-31-33-53(51)57(49)55(45)47/h7-34,59-60H,35-42H2,1-6H3/t59-,60-,69+,70+/m0/s1. The summed E-state index contributed by atoms with van der Waals surface area (Å²) in [6.45, 7) is 8.92. The number of carbonyl (C=O) groups is 6. The molecule has 10 aromatic carbocycles. The van der Waals surface area contributed by atoms with Crippen LogP contribution in [0.25, 0.3) is 64.6 Å². The molecule has 424 valence electrons. The minimum absolute atomic E-state index is 0.152. The minimum Gasteiger partial charge on any atom is -0.458 e. The van der Waals surface area contributed by atoms with Crippen molar-refractivity contribution in [3.05, 3.63) is 192 Å². The van der Waals surface area contributed by atoms with Gasteiger partial charge in [0.2, 0.25) is 0 Å². The maximum absolute atomic E-state index is 17.6. The van der Waals surface area contributed by atoms with Crippen molar-refractivity contribution >= 4 is 101 Å².